The van der Waals surface area contributed by atoms with Gasteiger partial charge in [-0.2, -0.15) is 0 Å². The van der Waals surface area contributed by atoms with Crippen LogP contribution in [0.25, 0.3) is 77.3 Å². The summed E-state index contributed by atoms with van der Waals surface area (Å²) in [5, 5.41) is 7.03. The molecule has 0 atom stereocenters. The van der Waals surface area contributed by atoms with Crippen LogP contribution in [0.5, 0.6) is 11.5 Å². The van der Waals surface area contributed by atoms with Crippen molar-refractivity contribution >= 4 is 46.4 Å². The molecule has 63 heavy (non-hydrogen) atoms. The van der Waals surface area contributed by atoms with E-state index in [0.717, 1.165) is 71.9 Å². The van der Waals surface area contributed by atoms with Crippen LogP contribution in [-0.2, 0) is 10.8 Å². The molecule has 0 unspecified atom stereocenters. The number of nitrogens with zero attached hydrogens (tertiary/aromatic N) is 2. The lowest BCUT2D eigenvalue weighted by molar-refractivity contribution is 0.447. The van der Waals surface area contributed by atoms with Crippen molar-refractivity contribution in [1.82, 2.24) is 9.97 Å². The Morgan fingerprint density at radius 1 is 0.460 bits per heavy atom. The van der Waals surface area contributed by atoms with Gasteiger partial charge in [-0.25, -0.2) is 9.97 Å². The van der Waals surface area contributed by atoms with Gasteiger partial charge in [-0.1, -0.05) is 209 Å². The Hall–Kier alpha value is -7.14. The van der Waals surface area contributed by atoms with Crippen molar-refractivity contribution in [2.45, 2.75) is 44.7 Å². The number of fused-ring (bicyclic) bond motifs is 14. The predicted octanol–water partition coefficient (Wildman–Crippen LogP) is 14.7. The molecular weight excluding hydrogens is 781 g/mol. The highest BCUT2D eigenvalue weighted by Gasteiger charge is 2.52. The molecule has 12 rings (SSSR count). The van der Waals surface area contributed by atoms with E-state index in [2.05, 4.69) is 216 Å². The number of hydrogen-bond donors (Lipinski definition) is 0. The molecule has 0 amide bonds. The van der Waals surface area contributed by atoms with E-state index in [1.807, 2.05) is 0 Å². The van der Waals surface area contributed by atoms with Crippen LogP contribution in [0.15, 0.2) is 182 Å². The molecule has 1 radical (unpaired) electrons. The minimum Gasteiger partial charge on any atom is -0.455 e. The van der Waals surface area contributed by atoms with E-state index in [9.17, 15) is 0 Å². The van der Waals surface area contributed by atoms with Crippen LogP contribution in [0.4, 0.5) is 0 Å². The maximum atomic E-state index is 7.22. The molecule has 2 heterocycles. The van der Waals surface area contributed by atoms with E-state index in [1.165, 1.54) is 44.1 Å². The third-order valence-corrected chi connectivity index (χ3v) is 15.1. The van der Waals surface area contributed by atoms with Crippen LogP contribution in [0, 0.1) is 0 Å². The van der Waals surface area contributed by atoms with Gasteiger partial charge in [0.15, 0.2) is 5.82 Å². The summed E-state index contributed by atoms with van der Waals surface area (Å²) in [5.74, 6) is 2.56. The quantitative estimate of drug-likeness (QED) is 0.166. The average molecular weight is 826 g/mol. The standard InChI is InChI=1S/C59H45N2OSi/c1-58(2,3)42-27-33-50-48(35-42)47-34-41(54-46-16-10-11-17-53(46)60-57(61-54)40-20-18-36(19-21-40)37-22-28-43(29-23-37)63(4)5)26-30-49(47)59(50)51-31-24-38-12-6-8-14-44(38)55(51)62-56-45-15-9-7-13-39(45)25-32-52(56)59/h6-35H,1-5H3. The summed E-state index contributed by atoms with van der Waals surface area (Å²) < 4.78 is 7.22. The molecule has 0 bridgehead atoms. The van der Waals surface area contributed by atoms with E-state index in [1.54, 1.807) is 0 Å². The summed E-state index contributed by atoms with van der Waals surface area (Å²) in [6, 6.07) is 66.9. The summed E-state index contributed by atoms with van der Waals surface area (Å²) in [6.45, 7) is 11.6. The van der Waals surface area contributed by atoms with E-state index in [-0.39, 0.29) is 5.41 Å². The second-order valence-electron chi connectivity index (χ2n) is 18.5. The van der Waals surface area contributed by atoms with Gasteiger partial charge in [0, 0.05) is 38.4 Å². The fourth-order valence-corrected chi connectivity index (χ4v) is 11.1. The maximum absolute atomic E-state index is 7.22. The number of benzene rings is 9. The third kappa shape index (κ3) is 5.71. The van der Waals surface area contributed by atoms with Gasteiger partial charge >= 0.3 is 0 Å². The first-order valence-corrected chi connectivity index (χ1v) is 24.5. The Balaban J connectivity index is 1.09. The Kier molecular flexibility index (Phi) is 8.32. The van der Waals surface area contributed by atoms with Gasteiger partial charge in [0.1, 0.15) is 11.5 Å². The zero-order valence-corrected chi connectivity index (χ0v) is 37.1. The smallest absolute Gasteiger partial charge is 0.160 e. The summed E-state index contributed by atoms with van der Waals surface area (Å²) in [5.41, 5.74) is 14.2. The summed E-state index contributed by atoms with van der Waals surface area (Å²) in [4.78, 5) is 10.6. The Morgan fingerprint density at radius 3 is 1.59 bits per heavy atom. The second kappa shape index (κ2) is 13.9. The minimum atomic E-state index is -0.631. The lowest BCUT2D eigenvalue weighted by atomic mass is 9.65. The monoisotopic (exact) mass is 825 g/mol. The van der Waals surface area contributed by atoms with Crippen molar-refractivity contribution in [3.63, 3.8) is 0 Å². The Morgan fingerprint density at radius 2 is 0.968 bits per heavy atom. The van der Waals surface area contributed by atoms with E-state index in [4.69, 9.17) is 14.7 Å². The average Bonchev–Trinajstić information content (AvgIpc) is 3.60. The van der Waals surface area contributed by atoms with Gasteiger partial charge in [0.25, 0.3) is 0 Å². The molecule has 301 valence electrons. The molecule has 1 aliphatic carbocycles. The highest BCUT2D eigenvalue weighted by Crippen LogP contribution is 2.64. The summed E-state index contributed by atoms with van der Waals surface area (Å²) in [6.07, 6.45) is 0. The second-order valence-corrected chi connectivity index (χ2v) is 21.1. The van der Waals surface area contributed by atoms with E-state index >= 15 is 0 Å². The fraction of sp³-hybridized carbons (Fsp3) is 0.119. The maximum Gasteiger partial charge on any atom is 0.160 e. The largest absolute Gasteiger partial charge is 0.455 e. The first-order valence-electron chi connectivity index (χ1n) is 22.0. The van der Waals surface area contributed by atoms with Crippen LogP contribution < -0.4 is 9.92 Å². The van der Waals surface area contributed by atoms with E-state index in [0.29, 0.717) is 5.82 Å². The van der Waals surface area contributed by atoms with Crippen molar-refractivity contribution in [2.24, 2.45) is 0 Å². The number of ether oxygens (including phenoxy) is 1. The zero-order valence-electron chi connectivity index (χ0n) is 36.1. The first-order chi connectivity index (χ1) is 30.7. The van der Waals surface area contributed by atoms with Crippen molar-refractivity contribution in [2.75, 3.05) is 0 Å². The van der Waals surface area contributed by atoms with Crippen LogP contribution >= 0.6 is 0 Å². The number of rotatable bonds is 4. The molecule has 1 aromatic heterocycles. The molecule has 3 nitrogen and oxygen atoms in total. The molecule has 1 spiro atoms. The predicted molar refractivity (Wildman–Crippen MR) is 264 cm³/mol. The van der Waals surface area contributed by atoms with E-state index < -0.39 is 14.2 Å². The van der Waals surface area contributed by atoms with Crippen molar-refractivity contribution in [1.29, 1.82) is 0 Å². The zero-order chi connectivity index (χ0) is 42.6. The normalized spacial score (nSPS) is 13.6. The lowest BCUT2D eigenvalue weighted by Crippen LogP contribution is -2.32. The van der Waals surface area contributed by atoms with Crippen LogP contribution in [-0.4, -0.2) is 18.8 Å². The molecule has 0 N–H and O–H groups in total. The first kappa shape index (κ1) is 37.6. The third-order valence-electron chi connectivity index (χ3n) is 13.6. The number of aromatic nitrogens is 2. The van der Waals surface area contributed by atoms with Crippen molar-refractivity contribution in [3.8, 4) is 56.4 Å². The molecular formula is C59H45N2OSi. The molecule has 0 saturated carbocycles. The number of hydrogen-bond acceptors (Lipinski definition) is 3. The van der Waals surface area contributed by atoms with Crippen molar-refractivity contribution < 1.29 is 4.74 Å². The van der Waals surface area contributed by atoms with Gasteiger partial charge in [-0.3, -0.25) is 0 Å². The van der Waals surface area contributed by atoms with Crippen LogP contribution in [0.1, 0.15) is 48.6 Å². The van der Waals surface area contributed by atoms with Crippen LogP contribution in [0.2, 0.25) is 13.1 Å². The highest BCUT2D eigenvalue weighted by atomic mass is 28.3. The van der Waals surface area contributed by atoms with Gasteiger partial charge in [0.2, 0.25) is 0 Å². The fourth-order valence-electron chi connectivity index (χ4n) is 10.3. The molecule has 2 aliphatic rings. The molecule has 0 saturated heterocycles. The minimum absolute atomic E-state index is 0.0492. The highest BCUT2D eigenvalue weighted by molar-refractivity contribution is 6.70. The van der Waals surface area contributed by atoms with Gasteiger partial charge in [0.05, 0.1) is 25.4 Å². The SMILES string of the molecule is C[Si](C)c1ccc(-c2ccc(-c3nc(-c4ccc5c(c4)-c4cc(C(C)(C)C)ccc4C54c5ccc6ccccc6c5Oc5c4ccc4ccccc54)c4ccccc4n3)cc2)cc1. The van der Waals surface area contributed by atoms with Crippen LogP contribution in [0.3, 0.4) is 0 Å². The topological polar surface area (TPSA) is 35.0 Å². The lowest BCUT2D eigenvalue weighted by Gasteiger charge is -2.40. The summed E-state index contributed by atoms with van der Waals surface area (Å²) >= 11 is 0. The molecule has 1 aliphatic heterocycles. The van der Waals surface area contributed by atoms with Gasteiger partial charge in [-0.15, -0.1) is 0 Å². The van der Waals surface area contributed by atoms with Gasteiger partial charge in [-0.05, 0) is 67.3 Å². The molecule has 10 aromatic rings. The molecule has 4 heteroatoms. The number of para-hydroxylation sites is 1. The molecule has 9 aromatic carbocycles. The Labute approximate surface area is 370 Å². The summed E-state index contributed by atoms with van der Waals surface area (Å²) in [7, 11) is -0.490. The van der Waals surface area contributed by atoms with Gasteiger partial charge < -0.3 is 4.74 Å². The van der Waals surface area contributed by atoms with Crippen molar-refractivity contribution in [3.05, 3.63) is 210 Å². The Bertz CT molecular complexity index is 3400. The molecule has 0 fully saturated rings.